The zero-order chi connectivity index (χ0) is 21.2. The first-order chi connectivity index (χ1) is 15.0. The molecule has 4 aliphatic carbocycles. The van der Waals surface area contributed by atoms with Crippen molar-refractivity contribution in [2.45, 2.75) is 45.4 Å². The number of fused-ring (bicyclic) bond motifs is 1. The lowest BCUT2D eigenvalue weighted by Crippen LogP contribution is -2.51. The molecule has 4 aliphatic rings. The van der Waals surface area contributed by atoms with Crippen LogP contribution in [0, 0.1) is 30.1 Å². The van der Waals surface area contributed by atoms with E-state index in [0.29, 0.717) is 5.75 Å². The Balaban J connectivity index is 1.33. The quantitative estimate of drug-likeness (QED) is 0.614. The molecule has 4 saturated carbocycles. The van der Waals surface area contributed by atoms with E-state index in [1.54, 1.807) is 7.11 Å². The van der Waals surface area contributed by atoms with E-state index in [2.05, 4.69) is 18.3 Å². The molecule has 160 valence electrons. The first kappa shape index (κ1) is 18.9. The number of nitrogens with one attached hydrogen (secondary N) is 1. The molecule has 2 aromatic heterocycles. The average Bonchev–Trinajstić information content (AvgIpc) is 3.18. The van der Waals surface area contributed by atoms with Crippen molar-refractivity contribution in [1.29, 1.82) is 0 Å². The first-order valence-corrected chi connectivity index (χ1v) is 11.5. The Morgan fingerprint density at radius 3 is 2.48 bits per heavy atom. The minimum atomic E-state index is -0.185. The van der Waals surface area contributed by atoms with Crippen LogP contribution < -0.4 is 10.1 Å². The smallest absolute Gasteiger partial charge is 0.230 e. The molecule has 31 heavy (non-hydrogen) atoms. The number of hydrogen-bond acceptors (Lipinski definition) is 3. The number of methoxy groups -OCH3 is 1. The number of carbonyl (C=O) groups excluding carboxylic acids is 1. The van der Waals surface area contributed by atoms with E-state index in [-0.39, 0.29) is 11.3 Å². The van der Waals surface area contributed by atoms with Crippen LogP contribution in [0.1, 0.15) is 44.1 Å². The number of ether oxygens (including phenoxy) is 1. The van der Waals surface area contributed by atoms with E-state index in [1.807, 2.05) is 41.1 Å². The molecule has 0 radical (unpaired) electrons. The molecule has 5 nitrogen and oxygen atoms in total. The lowest BCUT2D eigenvalue weighted by Gasteiger charge is -2.55. The Morgan fingerprint density at radius 1 is 1.13 bits per heavy atom. The number of anilines is 1. The van der Waals surface area contributed by atoms with Crippen molar-refractivity contribution in [2.24, 2.45) is 23.2 Å². The number of amides is 1. The fourth-order valence-corrected chi connectivity index (χ4v) is 6.90. The van der Waals surface area contributed by atoms with Gasteiger partial charge in [0, 0.05) is 18.0 Å². The maximum Gasteiger partial charge on any atom is 0.230 e. The summed E-state index contributed by atoms with van der Waals surface area (Å²) in [7, 11) is 1.66. The number of benzene rings is 1. The molecule has 2 heterocycles. The largest absolute Gasteiger partial charge is 0.495 e. The van der Waals surface area contributed by atoms with Gasteiger partial charge >= 0.3 is 0 Å². The standard InChI is InChI=1S/C26H29N3O2/c1-16-4-3-7-29-15-22(27-24(16)29)20-5-6-23(31-2)21(11-20)28-25(30)26-12-17-8-18(13-26)10-19(9-17)14-26/h3-7,11,15,17-19H,8-10,12-14H2,1-2H3,(H,28,30). The van der Waals surface area contributed by atoms with Gasteiger partial charge in [0.2, 0.25) is 5.91 Å². The molecule has 1 aromatic carbocycles. The molecule has 1 N–H and O–H groups in total. The Bertz CT molecular complexity index is 1140. The summed E-state index contributed by atoms with van der Waals surface area (Å²) >= 11 is 0. The summed E-state index contributed by atoms with van der Waals surface area (Å²) in [4.78, 5) is 18.4. The fourth-order valence-electron chi connectivity index (χ4n) is 6.90. The number of aromatic nitrogens is 2. The van der Waals surface area contributed by atoms with Crippen LogP contribution in [0.25, 0.3) is 16.9 Å². The fraction of sp³-hybridized carbons (Fsp3) is 0.462. The third kappa shape index (κ3) is 3.05. The lowest BCUT2D eigenvalue weighted by atomic mass is 9.49. The van der Waals surface area contributed by atoms with Crippen LogP contribution >= 0.6 is 0 Å². The van der Waals surface area contributed by atoms with E-state index in [9.17, 15) is 4.79 Å². The van der Waals surface area contributed by atoms with E-state index < -0.39 is 0 Å². The van der Waals surface area contributed by atoms with E-state index in [0.717, 1.165) is 65.2 Å². The second-order valence-corrected chi connectivity index (χ2v) is 10.1. The highest BCUT2D eigenvalue weighted by Gasteiger charge is 2.54. The maximum absolute atomic E-state index is 13.6. The highest BCUT2D eigenvalue weighted by atomic mass is 16.5. The van der Waals surface area contributed by atoms with Gasteiger partial charge in [-0.15, -0.1) is 0 Å². The summed E-state index contributed by atoms with van der Waals surface area (Å²) < 4.78 is 7.64. The van der Waals surface area contributed by atoms with Crippen LogP contribution in [0.15, 0.2) is 42.7 Å². The molecule has 0 aliphatic heterocycles. The second-order valence-electron chi connectivity index (χ2n) is 10.1. The Labute approximate surface area is 182 Å². The van der Waals surface area contributed by atoms with Gasteiger partial charge in [-0.05, 0) is 93.0 Å². The normalized spacial score (nSPS) is 28.8. The molecule has 0 unspecified atom stereocenters. The number of carbonyl (C=O) groups is 1. The van der Waals surface area contributed by atoms with Crippen molar-refractivity contribution in [3.63, 3.8) is 0 Å². The topological polar surface area (TPSA) is 55.6 Å². The average molecular weight is 416 g/mol. The van der Waals surface area contributed by atoms with E-state index >= 15 is 0 Å². The molecule has 3 aromatic rings. The summed E-state index contributed by atoms with van der Waals surface area (Å²) in [5, 5.41) is 3.28. The summed E-state index contributed by atoms with van der Waals surface area (Å²) in [6.45, 7) is 2.07. The molecular weight excluding hydrogens is 386 g/mol. The number of rotatable bonds is 4. The lowest BCUT2D eigenvalue weighted by molar-refractivity contribution is -0.140. The van der Waals surface area contributed by atoms with Crippen LogP contribution in [0.4, 0.5) is 5.69 Å². The number of pyridine rings is 1. The van der Waals surface area contributed by atoms with Crippen molar-refractivity contribution in [3.05, 3.63) is 48.3 Å². The predicted molar refractivity (Wildman–Crippen MR) is 121 cm³/mol. The van der Waals surface area contributed by atoms with Gasteiger partial charge in [0.05, 0.1) is 23.9 Å². The molecule has 4 bridgehead atoms. The summed E-state index contributed by atoms with van der Waals surface area (Å²) in [5.74, 6) is 3.11. The SMILES string of the molecule is COc1ccc(-c2cn3cccc(C)c3n2)cc1NC(=O)C12CC3CC(CC(C3)C1)C2. The van der Waals surface area contributed by atoms with Gasteiger partial charge in [0.1, 0.15) is 11.4 Å². The van der Waals surface area contributed by atoms with Gasteiger partial charge in [-0.3, -0.25) is 4.79 Å². The third-order valence-electron chi connectivity index (χ3n) is 7.94. The van der Waals surface area contributed by atoms with Crippen LogP contribution in [-0.2, 0) is 4.79 Å². The molecule has 1 amide bonds. The minimum absolute atomic E-state index is 0.185. The van der Waals surface area contributed by atoms with Gasteiger partial charge in [-0.25, -0.2) is 4.98 Å². The highest BCUT2D eigenvalue weighted by Crippen LogP contribution is 2.60. The number of nitrogens with zero attached hydrogens (tertiary/aromatic N) is 2. The van der Waals surface area contributed by atoms with E-state index in [1.165, 1.54) is 19.3 Å². The predicted octanol–water partition coefficient (Wildman–Crippen LogP) is 5.47. The molecule has 7 rings (SSSR count). The minimum Gasteiger partial charge on any atom is -0.495 e. The second kappa shape index (κ2) is 6.84. The number of hydrogen-bond donors (Lipinski definition) is 1. The van der Waals surface area contributed by atoms with Crippen LogP contribution in [0.2, 0.25) is 0 Å². The summed E-state index contributed by atoms with van der Waals surface area (Å²) in [6, 6.07) is 10.0. The molecule has 0 saturated heterocycles. The number of aryl methyl sites for hydroxylation is 1. The van der Waals surface area contributed by atoms with Crippen molar-refractivity contribution in [3.8, 4) is 17.0 Å². The van der Waals surface area contributed by atoms with E-state index in [4.69, 9.17) is 9.72 Å². The maximum atomic E-state index is 13.6. The van der Waals surface area contributed by atoms with Gasteiger partial charge in [-0.2, -0.15) is 0 Å². The van der Waals surface area contributed by atoms with Crippen molar-refractivity contribution < 1.29 is 9.53 Å². The Hall–Kier alpha value is -2.82. The van der Waals surface area contributed by atoms with Crippen molar-refractivity contribution in [2.75, 3.05) is 12.4 Å². The van der Waals surface area contributed by atoms with Crippen LogP contribution in [0.5, 0.6) is 5.75 Å². The van der Waals surface area contributed by atoms with Gasteiger partial charge in [0.25, 0.3) is 0 Å². The summed E-state index contributed by atoms with van der Waals surface area (Å²) in [5.41, 5.74) is 4.52. The number of imidazole rings is 1. The van der Waals surface area contributed by atoms with Gasteiger partial charge in [0.15, 0.2) is 0 Å². The monoisotopic (exact) mass is 415 g/mol. The Kier molecular flexibility index (Phi) is 4.17. The highest BCUT2D eigenvalue weighted by molar-refractivity contribution is 5.97. The molecule has 5 heteroatoms. The molecular formula is C26H29N3O2. The van der Waals surface area contributed by atoms with Crippen LogP contribution in [-0.4, -0.2) is 22.4 Å². The van der Waals surface area contributed by atoms with Crippen molar-refractivity contribution >= 4 is 17.2 Å². The first-order valence-electron chi connectivity index (χ1n) is 11.5. The summed E-state index contributed by atoms with van der Waals surface area (Å²) in [6.07, 6.45) is 11.2. The van der Waals surface area contributed by atoms with Crippen molar-refractivity contribution in [1.82, 2.24) is 9.38 Å². The molecule has 0 spiro atoms. The van der Waals surface area contributed by atoms with Gasteiger partial charge < -0.3 is 14.5 Å². The molecule has 0 atom stereocenters. The van der Waals surface area contributed by atoms with Crippen LogP contribution in [0.3, 0.4) is 0 Å². The van der Waals surface area contributed by atoms with Gasteiger partial charge in [-0.1, -0.05) is 6.07 Å². The third-order valence-corrected chi connectivity index (χ3v) is 7.94. The molecule has 4 fully saturated rings. The Morgan fingerprint density at radius 2 is 1.84 bits per heavy atom. The zero-order valence-corrected chi connectivity index (χ0v) is 18.2. The zero-order valence-electron chi connectivity index (χ0n) is 18.2.